The summed E-state index contributed by atoms with van der Waals surface area (Å²) in [6.07, 6.45) is 3.45. The molecule has 2 N–H and O–H groups in total. The summed E-state index contributed by atoms with van der Waals surface area (Å²) >= 11 is 5.91. The Labute approximate surface area is 129 Å². The predicted octanol–water partition coefficient (Wildman–Crippen LogP) is 4.75. The molecule has 2 aromatic rings. The molecule has 0 heterocycles. The molecule has 0 aliphatic heterocycles. The Morgan fingerprint density at radius 3 is 2.52 bits per heavy atom. The average Bonchev–Trinajstić information content (AvgIpc) is 2.45. The van der Waals surface area contributed by atoms with Gasteiger partial charge in [0.05, 0.1) is 0 Å². The van der Waals surface area contributed by atoms with Crippen molar-refractivity contribution < 1.29 is 4.79 Å². The fourth-order valence-corrected chi connectivity index (χ4v) is 1.95. The van der Waals surface area contributed by atoms with Crippen molar-refractivity contribution in [2.24, 2.45) is 0 Å². The molecular formula is C17H17ClN2O. The standard InChI is InChI=1S/C17H17ClN2O/c1-12-3-6-14(7-4-12)9-10-19-17(21)20-16-11-15(18)8-5-13(16)2/h3-11H,1-2H3,(H2,19,20,21)/b10-9+. The highest BCUT2D eigenvalue weighted by atomic mass is 35.5. The Kier molecular flexibility index (Phi) is 5.01. The number of carbonyl (C=O) groups excluding carboxylic acids is 1. The maximum absolute atomic E-state index is 11.8. The molecule has 0 fully saturated rings. The summed E-state index contributed by atoms with van der Waals surface area (Å²) < 4.78 is 0. The van der Waals surface area contributed by atoms with Gasteiger partial charge in [0.15, 0.2) is 0 Å². The first kappa shape index (κ1) is 15.1. The minimum absolute atomic E-state index is 0.302. The largest absolute Gasteiger partial charge is 0.323 e. The number of aryl methyl sites for hydroxylation is 2. The van der Waals surface area contributed by atoms with E-state index in [0.29, 0.717) is 10.7 Å². The molecule has 0 saturated heterocycles. The third-order valence-corrected chi connectivity index (χ3v) is 3.25. The van der Waals surface area contributed by atoms with Gasteiger partial charge < -0.3 is 10.6 Å². The number of carbonyl (C=O) groups is 1. The molecule has 4 heteroatoms. The first-order chi connectivity index (χ1) is 10.0. The number of benzene rings is 2. The van der Waals surface area contributed by atoms with E-state index in [1.165, 1.54) is 5.56 Å². The maximum Gasteiger partial charge on any atom is 0.323 e. The number of hydrogen-bond acceptors (Lipinski definition) is 1. The Balaban J connectivity index is 1.93. The molecule has 3 nitrogen and oxygen atoms in total. The number of halogens is 1. The Hall–Kier alpha value is -2.26. The van der Waals surface area contributed by atoms with Crippen molar-refractivity contribution in [3.05, 3.63) is 70.4 Å². The number of rotatable bonds is 3. The molecule has 108 valence electrons. The van der Waals surface area contributed by atoms with Gasteiger partial charge in [-0.3, -0.25) is 0 Å². The fourth-order valence-electron chi connectivity index (χ4n) is 1.78. The van der Waals surface area contributed by atoms with Crippen molar-refractivity contribution >= 4 is 29.4 Å². The predicted molar refractivity (Wildman–Crippen MR) is 88.6 cm³/mol. The number of amides is 2. The summed E-state index contributed by atoms with van der Waals surface area (Å²) in [6, 6.07) is 13.1. The Morgan fingerprint density at radius 2 is 1.81 bits per heavy atom. The van der Waals surface area contributed by atoms with Crippen molar-refractivity contribution in [3.63, 3.8) is 0 Å². The topological polar surface area (TPSA) is 41.1 Å². The van der Waals surface area contributed by atoms with Crippen LogP contribution in [0.3, 0.4) is 0 Å². The van der Waals surface area contributed by atoms with Gasteiger partial charge in [0.2, 0.25) is 0 Å². The van der Waals surface area contributed by atoms with Crippen molar-refractivity contribution in [2.75, 3.05) is 5.32 Å². The Bertz CT molecular complexity index is 663. The zero-order valence-corrected chi connectivity index (χ0v) is 12.7. The number of urea groups is 1. The van der Waals surface area contributed by atoms with Crippen LogP contribution < -0.4 is 10.6 Å². The summed E-state index contributed by atoms with van der Waals surface area (Å²) in [5.74, 6) is 0. The van der Waals surface area contributed by atoms with Crippen LogP contribution in [0.4, 0.5) is 10.5 Å². The molecule has 0 aliphatic rings. The van der Waals surface area contributed by atoms with Gasteiger partial charge in [-0.05, 0) is 43.2 Å². The van der Waals surface area contributed by atoms with Gasteiger partial charge in [0.25, 0.3) is 0 Å². The summed E-state index contributed by atoms with van der Waals surface area (Å²) in [6.45, 7) is 3.95. The summed E-state index contributed by atoms with van der Waals surface area (Å²) in [5, 5.41) is 6.02. The van der Waals surface area contributed by atoms with Crippen LogP contribution in [0.25, 0.3) is 6.08 Å². The van der Waals surface area contributed by atoms with Gasteiger partial charge in [0.1, 0.15) is 0 Å². The molecule has 0 aliphatic carbocycles. The molecule has 2 aromatic carbocycles. The first-order valence-corrected chi connectivity index (χ1v) is 6.99. The number of hydrogen-bond donors (Lipinski definition) is 2. The minimum atomic E-state index is -0.302. The third-order valence-electron chi connectivity index (χ3n) is 3.02. The van der Waals surface area contributed by atoms with Crippen LogP contribution in [0.2, 0.25) is 5.02 Å². The Morgan fingerprint density at radius 1 is 1.10 bits per heavy atom. The van der Waals surface area contributed by atoms with Crippen molar-refractivity contribution in [3.8, 4) is 0 Å². The monoisotopic (exact) mass is 300 g/mol. The lowest BCUT2D eigenvalue weighted by atomic mass is 10.1. The van der Waals surface area contributed by atoms with Crippen LogP contribution in [0.5, 0.6) is 0 Å². The van der Waals surface area contributed by atoms with E-state index in [0.717, 1.165) is 11.1 Å². The highest BCUT2D eigenvalue weighted by molar-refractivity contribution is 6.31. The highest BCUT2D eigenvalue weighted by Gasteiger charge is 2.03. The molecule has 0 radical (unpaired) electrons. The molecule has 0 spiro atoms. The average molecular weight is 301 g/mol. The summed E-state index contributed by atoms with van der Waals surface area (Å²) in [4.78, 5) is 11.8. The molecule has 2 amide bonds. The van der Waals surface area contributed by atoms with Crippen LogP contribution in [0, 0.1) is 13.8 Å². The van der Waals surface area contributed by atoms with Gasteiger partial charge in [-0.1, -0.05) is 47.5 Å². The number of anilines is 1. The third kappa shape index (κ3) is 4.65. The molecule has 2 rings (SSSR count). The van der Waals surface area contributed by atoms with Crippen LogP contribution in [-0.2, 0) is 0 Å². The number of nitrogens with one attached hydrogen (secondary N) is 2. The smallest absolute Gasteiger partial charge is 0.314 e. The molecule has 0 saturated carbocycles. The molecule has 0 atom stereocenters. The van der Waals surface area contributed by atoms with E-state index in [2.05, 4.69) is 10.6 Å². The quantitative estimate of drug-likeness (QED) is 0.844. The molecule has 0 unspecified atom stereocenters. The van der Waals surface area contributed by atoms with Gasteiger partial charge in [0, 0.05) is 16.9 Å². The van der Waals surface area contributed by atoms with E-state index in [-0.39, 0.29) is 6.03 Å². The van der Waals surface area contributed by atoms with Crippen LogP contribution in [0.15, 0.2) is 48.7 Å². The normalized spacial score (nSPS) is 10.6. The molecule has 0 aromatic heterocycles. The zero-order valence-electron chi connectivity index (χ0n) is 12.0. The van der Waals surface area contributed by atoms with Crippen LogP contribution in [0.1, 0.15) is 16.7 Å². The highest BCUT2D eigenvalue weighted by Crippen LogP contribution is 2.19. The van der Waals surface area contributed by atoms with E-state index in [9.17, 15) is 4.79 Å². The lowest BCUT2D eigenvalue weighted by Gasteiger charge is -2.08. The zero-order chi connectivity index (χ0) is 15.2. The van der Waals surface area contributed by atoms with Crippen molar-refractivity contribution in [1.29, 1.82) is 0 Å². The molecule has 0 bridgehead atoms. The summed E-state index contributed by atoms with van der Waals surface area (Å²) in [7, 11) is 0. The van der Waals surface area contributed by atoms with E-state index in [1.807, 2.05) is 50.3 Å². The minimum Gasteiger partial charge on any atom is -0.314 e. The van der Waals surface area contributed by atoms with Gasteiger partial charge in [-0.2, -0.15) is 0 Å². The first-order valence-electron chi connectivity index (χ1n) is 6.61. The second-order valence-corrected chi connectivity index (χ2v) is 5.24. The van der Waals surface area contributed by atoms with E-state index >= 15 is 0 Å². The van der Waals surface area contributed by atoms with Gasteiger partial charge >= 0.3 is 6.03 Å². The maximum atomic E-state index is 11.8. The van der Waals surface area contributed by atoms with Crippen LogP contribution >= 0.6 is 11.6 Å². The van der Waals surface area contributed by atoms with Crippen molar-refractivity contribution in [1.82, 2.24) is 5.32 Å². The second kappa shape index (κ2) is 6.95. The van der Waals surface area contributed by atoms with Crippen molar-refractivity contribution in [2.45, 2.75) is 13.8 Å². The van der Waals surface area contributed by atoms with Gasteiger partial charge in [-0.15, -0.1) is 0 Å². The molecule has 21 heavy (non-hydrogen) atoms. The van der Waals surface area contributed by atoms with E-state index < -0.39 is 0 Å². The van der Waals surface area contributed by atoms with Gasteiger partial charge in [-0.25, -0.2) is 4.79 Å². The summed E-state index contributed by atoms with van der Waals surface area (Å²) in [5.41, 5.74) is 3.88. The van der Waals surface area contributed by atoms with E-state index in [1.54, 1.807) is 18.3 Å². The second-order valence-electron chi connectivity index (χ2n) is 4.80. The van der Waals surface area contributed by atoms with Crippen LogP contribution in [-0.4, -0.2) is 6.03 Å². The lowest BCUT2D eigenvalue weighted by molar-refractivity contribution is 0.255. The van der Waals surface area contributed by atoms with E-state index in [4.69, 9.17) is 11.6 Å². The molecular weight excluding hydrogens is 284 g/mol. The fraction of sp³-hybridized carbons (Fsp3) is 0.118. The lowest BCUT2D eigenvalue weighted by Crippen LogP contribution is -2.24. The SMILES string of the molecule is Cc1ccc(/C=C/NC(=O)Nc2cc(Cl)ccc2C)cc1.